The summed E-state index contributed by atoms with van der Waals surface area (Å²) in [4.78, 5) is 11.6. The van der Waals surface area contributed by atoms with Crippen LogP contribution in [0.2, 0.25) is 0 Å². The number of ether oxygens (including phenoxy) is 1. The second-order valence-electron chi connectivity index (χ2n) is 7.42. The summed E-state index contributed by atoms with van der Waals surface area (Å²) in [6.45, 7) is 7.57. The van der Waals surface area contributed by atoms with Crippen LogP contribution in [0.3, 0.4) is 0 Å². The monoisotopic (exact) mass is 274 g/mol. The van der Waals surface area contributed by atoms with Gasteiger partial charge in [0.1, 0.15) is 0 Å². The van der Waals surface area contributed by atoms with Gasteiger partial charge in [0.05, 0.1) is 6.61 Å². The molecule has 0 radical (unpaired) electrons. The van der Waals surface area contributed by atoms with E-state index in [1.807, 2.05) is 18.2 Å². The van der Waals surface area contributed by atoms with Gasteiger partial charge in [-0.1, -0.05) is 57.5 Å². The van der Waals surface area contributed by atoms with Crippen molar-refractivity contribution in [3.05, 3.63) is 35.9 Å². The predicted octanol–water partition coefficient (Wildman–Crippen LogP) is 3.79. The minimum absolute atomic E-state index is 0.0167. The Morgan fingerprint density at radius 3 is 2.35 bits per heavy atom. The maximum atomic E-state index is 6.25. The van der Waals surface area contributed by atoms with Crippen molar-refractivity contribution in [3.63, 3.8) is 0 Å². The second-order valence-corrected chi connectivity index (χ2v) is 7.42. The van der Waals surface area contributed by atoms with Crippen molar-refractivity contribution in [2.45, 2.75) is 51.4 Å². The Morgan fingerprint density at radius 1 is 0.950 bits per heavy atom. The van der Waals surface area contributed by atoms with Crippen molar-refractivity contribution >= 4 is 0 Å². The molecule has 1 aromatic rings. The first-order chi connectivity index (χ1) is 9.48. The van der Waals surface area contributed by atoms with E-state index in [0.29, 0.717) is 6.61 Å². The van der Waals surface area contributed by atoms with Gasteiger partial charge in [-0.25, -0.2) is 4.89 Å². The van der Waals surface area contributed by atoms with Gasteiger partial charge in [-0.15, -0.1) is 0 Å². The van der Waals surface area contributed by atoms with Crippen LogP contribution < -0.4 is 0 Å². The van der Waals surface area contributed by atoms with Crippen LogP contribution in [0.1, 0.15) is 45.6 Å². The molecule has 1 aliphatic carbocycles. The van der Waals surface area contributed by atoms with Crippen LogP contribution in [0.4, 0.5) is 0 Å². The summed E-state index contributed by atoms with van der Waals surface area (Å²) < 4.78 is 6.25. The van der Waals surface area contributed by atoms with Crippen LogP contribution in [0.15, 0.2) is 30.3 Å². The molecule has 0 amide bonds. The van der Waals surface area contributed by atoms with Crippen molar-refractivity contribution in [2.24, 2.45) is 10.8 Å². The van der Waals surface area contributed by atoms with Crippen LogP contribution >= 0.6 is 0 Å². The van der Waals surface area contributed by atoms with E-state index in [-0.39, 0.29) is 16.4 Å². The van der Waals surface area contributed by atoms with Gasteiger partial charge in [0.2, 0.25) is 0 Å². The Labute approximate surface area is 120 Å². The smallest absolute Gasteiger partial charge is 0.261 e. The minimum Gasteiger partial charge on any atom is -0.341 e. The highest BCUT2D eigenvalue weighted by molar-refractivity contribution is 5.33. The summed E-state index contributed by atoms with van der Waals surface area (Å²) in [5, 5.41) is 0. The molecule has 20 heavy (non-hydrogen) atoms. The fraction of sp³-hybridized carbons (Fsp3) is 0.647. The van der Waals surface area contributed by atoms with Gasteiger partial charge < -0.3 is 4.74 Å². The van der Waals surface area contributed by atoms with Gasteiger partial charge in [-0.3, -0.25) is 0 Å². The highest BCUT2D eigenvalue weighted by atomic mass is 17.3. The molecule has 0 aromatic heterocycles. The Balaban J connectivity index is 1.91. The summed E-state index contributed by atoms with van der Waals surface area (Å²) in [5.41, 5.74) is 0.741. The van der Waals surface area contributed by atoms with E-state index in [0.717, 1.165) is 18.4 Å². The largest absolute Gasteiger partial charge is 0.341 e. The van der Waals surface area contributed by atoms with Crippen molar-refractivity contribution in [3.8, 4) is 0 Å². The highest BCUT2D eigenvalue weighted by Crippen LogP contribution is 2.73. The Hall–Kier alpha value is -0.900. The SMILES string of the molecule is CC1(C)CCC[C@@]2(C)CO[C@@]3(c4ccccc4)OO[C@@]123. The third kappa shape index (κ3) is 1.15. The third-order valence-electron chi connectivity index (χ3n) is 5.83. The van der Waals surface area contributed by atoms with Gasteiger partial charge in [0.15, 0.2) is 5.60 Å². The number of benzene rings is 1. The number of hydrogen-bond donors (Lipinski definition) is 0. The molecule has 2 heterocycles. The zero-order valence-corrected chi connectivity index (χ0v) is 12.4. The molecule has 0 bridgehead atoms. The predicted molar refractivity (Wildman–Crippen MR) is 74.7 cm³/mol. The van der Waals surface area contributed by atoms with Crippen LogP contribution in [0.25, 0.3) is 0 Å². The van der Waals surface area contributed by atoms with Crippen molar-refractivity contribution in [1.29, 1.82) is 0 Å². The van der Waals surface area contributed by atoms with E-state index in [1.54, 1.807) is 0 Å². The first kappa shape index (κ1) is 12.8. The standard InChI is InChI=1S/C17H22O3/c1-14(2)10-7-11-15(3)12-18-16(17(14,15)20-19-16)13-8-5-4-6-9-13/h4-6,8-9H,7,10-12H2,1-3H3/t15-,16-,17-/m0/s1. The van der Waals surface area contributed by atoms with Crippen LogP contribution in [-0.2, 0) is 20.3 Å². The molecule has 1 saturated carbocycles. The molecule has 3 atom stereocenters. The average molecular weight is 274 g/mol. The molecule has 2 saturated heterocycles. The maximum absolute atomic E-state index is 6.25. The van der Waals surface area contributed by atoms with Crippen LogP contribution in [-0.4, -0.2) is 12.2 Å². The van der Waals surface area contributed by atoms with E-state index in [4.69, 9.17) is 14.5 Å². The lowest BCUT2D eigenvalue weighted by Gasteiger charge is -2.64. The summed E-state index contributed by atoms with van der Waals surface area (Å²) >= 11 is 0. The topological polar surface area (TPSA) is 27.7 Å². The van der Waals surface area contributed by atoms with Crippen molar-refractivity contribution in [2.75, 3.05) is 6.61 Å². The quantitative estimate of drug-likeness (QED) is 0.729. The third-order valence-corrected chi connectivity index (χ3v) is 5.83. The average Bonchev–Trinajstić information content (AvgIpc) is 2.56. The molecule has 0 N–H and O–H groups in total. The number of rotatable bonds is 1. The molecule has 1 spiro atoms. The van der Waals surface area contributed by atoms with Gasteiger partial charge in [0.25, 0.3) is 5.79 Å². The van der Waals surface area contributed by atoms with Gasteiger partial charge in [0, 0.05) is 16.4 Å². The molecule has 4 rings (SSSR count). The Morgan fingerprint density at radius 2 is 1.70 bits per heavy atom. The summed E-state index contributed by atoms with van der Waals surface area (Å²) in [6.07, 6.45) is 3.50. The van der Waals surface area contributed by atoms with Crippen LogP contribution in [0, 0.1) is 10.8 Å². The van der Waals surface area contributed by atoms with Gasteiger partial charge >= 0.3 is 0 Å². The van der Waals surface area contributed by atoms with Crippen molar-refractivity contribution in [1.82, 2.24) is 0 Å². The fourth-order valence-electron chi connectivity index (χ4n) is 4.90. The molecule has 1 aromatic carbocycles. The van der Waals surface area contributed by atoms with E-state index in [1.165, 1.54) is 6.42 Å². The molecular formula is C17H22O3. The molecule has 3 heteroatoms. The molecule has 3 nitrogen and oxygen atoms in total. The molecule has 108 valence electrons. The first-order valence-corrected chi connectivity index (χ1v) is 7.54. The van der Waals surface area contributed by atoms with Gasteiger partial charge in [-0.05, 0) is 12.8 Å². The Bertz CT molecular complexity index is 540. The summed E-state index contributed by atoms with van der Waals surface area (Å²) in [7, 11) is 0. The molecule has 0 unspecified atom stereocenters. The second kappa shape index (κ2) is 3.65. The number of hydrogen-bond acceptors (Lipinski definition) is 3. The lowest BCUT2D eigenvalue weighted by Crippen LogP contribution is -2.75. The van der Waals surface area contributed by atoms with E-state index < -0.39 is 5.79 Å². The maximum Gasteiger partial charge on any atom is 0.261 e. The lowest BCUT2D eigenvalue weighted by atomic mass is 9.50. The van der Waals surface area contributed by atoms with Crippen molar-refractivity contribution < 1.29 is 14.5 Å². The van der Waals surface area contributed by atoms with E-state index >= 15 is 0 Å². The fourth-order valence-corrected chi connectivity index (χ4v) is 4.90. The lowest BCUT2D eigenvalue weighted by molar-refractivity contribution is -0.630. The summed E-state index contributed by atoms with van der Waals surface area (Å²) in [6, 6.07) is 10.3. The molecule has 3 fully saturated rings. The normalized spacial score (nSPS) is 45.4. The first-order valence-electron chi connectivity index (χ1n) is 7.54. The zero-order valence-electron chi connectivity index (χ0n) is 12.4. The van der Waals surface area contributed by atoms with E-state index in [9.17, 15) is 0 Å². The van der Waals surface area contributed by atoms with Crippen LogP contribution in [0.5, 0.6) is 0 Å². The highest BCUT2D eigenvalue weighted by Gasteiger charge is 2.83. The molecular weight excluding hydrogens is 252 g/mol. The summed E-state index contributed by atoms with van der Waals surface area (Å²) in [5.74, 6) is -0.729. The van der Waals surface area contributed by atoms with E-state index in [2.05, 4.69) is 32.9 Å². The zero-order chi connectivity index (χ0) is 14.1. The van der Waals surface area contributed by atoms with Gasteiger partial charge in [-0.2, -0.15) is 4.89 Å². The Kier molecular flexibility index (Phi) is 2.34. The molecule has 3 aliphatic rings. The molecule has 2 aliphatic heterocycles. The minimum atomic E-state index is -0.729.